The Morgan fingerprint density at radius 3 is 2.38 bits per heavy atom. The Kier molecular flexibility index (Phi) is 5.61. The van der Waals surface area contributed by atoms with Gasteiger partial charge in [0.25, 0.3) is 0 Å². The van der Waals surface area contributed by atoms with Crippen molar-refractivity contribution in [1.82, 2.24) is 0 Å². The fourth-order valence-electron chi connectivity index (χ4n) is 3.08. The van der Waals surface area contributed by atoms with Gasteiger partial charge in [0.1, 0.15) is 0 Å². The van der Waals surface area contributed by atoms with E-state index in [4.69, 9.17) is 9.47 Å². The van der Waals surface area contributed by atoms with Crippen molar-refractivity contribution in [1.29, 1.82) is 0 Å². The van der Waals surface area contributed by atoms with Crippen LogP contribution in [0.2, 0.25) is 0 Å². The maximum atomic E-state index is 12.6. The van der Waals surface area contributed by atoms with E-state index in [1.165, 1.54) is 26.2 Å². The molecule has 26 heavy (non-hydrogen) atoms. The summed E-state index contributed by atoms with van der Waals surface area (Å²) in [6.07, 6.45) is -5.07. The molecule has 3 atom stereocenters. The summed E-state index contributed by atoms with van der Waals surface area (Å²) in [5.74, 6) is -1.14. The summed E-state index contributed by atoms with van der Waals surface area (Å²) in [6.45, 7) is 6.81. The van der Waals surface area contributed by atoms with Crippen LogP contribution in [-0.4, -0.2) is 31.1 Å². The van der Waals surface area contributed by atoms with Gasteiger partial charge in [0.05, 0.1) is 24.9 Å². The van der Waals surface area contributed by atoms with Crippen LogP contribution < -0.4 is 0 Å². The minimum atomic E-state index is -4.39. The summed E-state index contributed by atoms with van der Waals surface area (Å²) >= 11 is 0. The molecule has 4 nitrogen and oxygen atoms in total. The van der Waals surface area contributed by atoms with E-state index in [2.05, 4.69) is 6.58 Å². The molecule has 0 radical (unpaired) electrons. The second kappa shape index (κ2) is 7.23. The number of esters is 1. The molecule has 0 bridgehead atoms. The van der Waals surface area contributed by atoms with Gasteiger partial charge in [0, 0.05) is 5.57 Å². The van der Waals surface area contributed by atoms with Crippen LogP contribution in [-0.2, 0) is 31.7 Å². The lowest BCUT2D eigenvalue weighted by atomic mass is 9.72. The predicted octanol–water partition coefficient (Wildman–Crippen LogP) is 3.73. The van der Waals surface area contributed by atoms with Crippen molar-refractivity contribution in [2.24, 2.45) is 5.41 Å². The minimum absolute atomic E-state index is 0.198. The Labute approximate surface area is 150 Å². The van der Waals surface area contributed by atoms with Crippen LogP contribution in [0.3, 0.4) is 0 Å². The first-order valence-electron chi connectivity index (χ1n) is 8.15. The Morgan fingerprint density at radius 2 is 1.88 bits per heavy atom. The van der Waals surface area contributed by atoms with Crippen LogP contribution in [0.5, 0.6) is 0 Å². The number of benzene rings is 1. The molecular formula is C19H21F3O4. The predicted molar refractivity (Wildman–Crippen MR) is 88.4 cm³/mol. The fraction of sp³-hybridized carbons (Fsp3) is 0.474. The van der Waals surface area contributed by atoms with Crippen LogP contribution in [0.15, 0.2) is 36.4 Å². The maximum absolute atomic E-state index is 12.6. The minimum Gasteiger partial charge on any atom is -0.468 e. The SMILES string of the molecule is C=C1C(=O)[C@](C)(C(=O)OC)[C@H](CCc2ccc(C(F)(F)F)cc2)O[C@@H]1C. The molecular weight excluding hydrogens is 349 g/mol. The molecule has 0 saturated carbocycles. The lowest BCUT2D eigenvalue weighted by Gasteiger charge is -2.41. The zero-order valence-electron chi connectivity index (χ0n) is 14.9. The van der Waals surface area contributed by atoms with E-state index in [0.717, 1.165) is 12.1 Å². The van der Waals surface area contributed by atoms with Crippen LogP contribution in [0.4, 0.5) is 13.2 Å². The Morgan fingerprint density at radius 1 is 1.31 bits per heavy atom. The Balaban J connectivity index is 2.19. The van der Waals surface area contributed by atoms with Crippen molar-refractivity contribution in [3.05, 3.63) is 47.5 Å². The zero-order chi connectivity index (χ0) is 19.7. The molecule has 0 spiro atoms. The van der Waals surface area contributed by atoms with Crippen molar-refractivity contribution in [2.75, 3.05) is 7.11 Å². The Bertz CT molecular complexity index is 708. The number of rotatable bonds is 4. The van der Waals surface area contributed by atoms with Crippen LogP contribution >= 0.6 is 0 Å². The highest BCUT2D eigenvalue weighted by atomic mass is 19.4. The second-order valence-electron chi connectivity index (χ2n) is 6.55. The van der Waals surface area contributed by atoms with Gasteiger partial charge in [-0.25, -0.2) is 0 Å². The van der Waals surface area contributed by atoms with Crippen LogP contribution in [0, 0.1) is 5.41 Å². The number of hydrogen-bond donors (Lipinski definition) is 0. The number of ether oxygens (including phenoxy) is 2. The average Bonchev–Trinajstić information content (AvgIpc) is 2.60. The number of halogens is 3. The highest BCUT2D eigenvalue weighted by molar-refractivity contribution is 6.13. The number of carbonyl (C=O) groups excluding carboxylic acids is 2. The van der Waals surface area contributed by atoms with E-state index in [9.17, 15) is 22.8 Å². The summed E-state index contributed by atoms with van der Waals surface area (Å²) in [6, 6.07) is 4.77. The van der Waals surface area contributed by atoms with Gasteiger partial charge in [-0.3, -0.25) is 9.59 Å². The normalized spacial score (nSPS) is 26.7. The molecule has 7 heteroatoms. The molecule has 1 fully saturated rings. The smallest absolute Gasteiger partial charge is 0.416 e. The number of carbonyl (C=O) groups is 2. The first kappa shape index (κ1) is 20.2. The summed E-state index contributed by atoms with van der Waals surface area (Å²) in [7, 11) is 1.19. The first-order valence-corrected chi connectivity index (χ1v) is 8.15. The molecule has 1 aromatic carbocycles. The molecule has 1 aliphatic rings. The molecule has 1 heterocycles. The van der Waals surface area contributed by atoms with Gasteiger partial charge >= 0.3 is 12.1 Å². The van der Waals surface area contributed by atoms with Gasteiger partial charge in [0.15, 0.2) is 11.2 Å². The third-order valence-corrected chi connectivity index (χ3v) is 4.85. The quantitative estimate of drug-likeness (QED) is 0.460. The van der Waals surface area contributed by atoms with Crippen molar-refractivity contribution in [2.45, 2.75) is 45.1 Å². The standard InChI is InChI=1S/C19H21F3O4/c1-11-12(2)26-15(18(3,16(11)23)17(24)25-4)10-7-13-5-8-14(9-6-13)19(20,21)22/h5-6,8-9,12,15H,1,7,10H2,2-4H3/t12-,15+,18-/m1/s1. The van der Waals surface area contributed by atoms with Crippen molar-refractivity contribution < 1.29 is 32.2 Å². The summed E-state index contributed by atoms with van der Waals surface area (Å²) in [5, 5.41) is 0. The topological polar surface area (TPSA) is 52.6 Å². The van der Waals surface area contributed by atoms with Gasteiger partial charge in [-0.05, 0) is 44.4 Å². The molecule has 1 saturated heterocycles. The van der Waals surface area contributed by atoms with E-state index in [1.807, 2.05) is 0 Å². The Hall–Kier alpha value is -2.15. The number of hydrogen-bond acceptors (Lipinski definition) is 4. The van der Waals surface area contributed by atoms with E-state index in [0.29, 0.717) is 12.0 Å². The number of alkyl halides is 3. The van der Waals surface area contributed by atoms with Crippen LogP contribution in [0.25, 0.3) is 0 Å². The number of ketones is 1. The largest absolute Gasteiger partial charge is 0.468 e. The van der Waals surface area contributed by atoms with Gasteiger partial charge in [-0.2, -0.15) is 13.2 Å². The lowest BCUT2D eigenvalue weighted by Crippen LogP contribution is -2.55. The van der Waals surface area contributed by atoms with Gasteiger partial charge in [-0.1, -0.05) is 18.7 Å². The van der Waals surface area contributed by atoms with E-state index < -0.39 is 41.1 Å². The lowest BCUT2D eigenvalue weighted by molar-refractivity contribution is -0.175. The molecule has 1 aliphatic heterocycles. The number of Topliss-reactive ketones (excluding diaryl/α,β-unsaturated/α-hetero) is 1. The van der Waals surface area contributed by atoms with Crippen molar-refractivity contribution in [3.8, 4) is 0 Å². The van der Waals surface area contributed by atoms with Crippen LogP contribution in [0.1, 0.15) is 31.4 Å². The van der Waals surface area contributed by atoms with Gasteiger partial charge < -0.3 is 9.47 Å². The molecule has 2 rings (SSSR count). The molecule has 0 unspecified atom stereocenters. The highest BCUT2D eigenvalue weighted by Gasteiger charge is 2.54. The number of methoxy groups -OCH3 is 1. The third-order valence-electron chi connectivity index (χ3n) is 4.85. The monoisotopic (exact) mass is 370 g/mol. The van der Waals surface area contributed by atoms with E-state index >= 15 is 0 Å². The summed E-state index contributed by atoms with van der Waals surface area (Å²) in [5.41, 5.74) is -1.40. The zero-order valence-corrected chi connectivity index (χ0v) is 14.9. The molecule has 0 N–H and O–H groups in total. The summed E-state index contributed by atoms with van der Waals surface area (Å²) < 4.78 is 48.5. The number of aryl methyl sites for hydroxylation is 1. The van der Waals surface area contributed by atoms with Crippen molar-refractivity contribution >= 4 is 11.8 Å². The first-order chi connectivity index (χ1) is 12.0. The molecule has 0 aliphatic carbocycles. The molecule has 0 amide bonds. The molecule has 142 valence electrons. The van der Waals surface area contributed by atoms with E-state index in [-0.39, 0.29) is 12.0 Å². The maximum Gasteiger partial charge on any atom is 0.416 e. The summed E-state index contributed by atoms with van der Waals surface area (Å²) in [4.78, 5) is 24.9. The third kappa shape index (κ3) is 3.67. The second-order valence-corrected chi connectivity index (χ2v) is 6.55. The van der Waals surface area contributed by atoms with Crippen molar-refractivity contribution in [3.63, 3.8) is 0 Å². The highest BCUT2D eigenvalue weighted by Crippen LogP contribution is 2.39. The van der Waals surface area contributed by atoms with E-state index in [1.54, 1.807) is 6.92 Å². The molecule has 0 aromatic heterocycles. The average molecular weight is 370 g/mol. The molecule has 1 aromatic rings. The van der Waals surface area contributed by atoms with Gasteiger partial charge in [0.2, 0.25) is 0 Å². The van der Waals surface area contributed by atoms with Gasteiger partial charge in [-0.15, -0.1) is 0 Å². The fourth-order valence-corrected chi connectivity index (χ4v) is 3.08.